The van der Waals surface area contributed by atoms with Crippen LogP contribution < -0.4 is 15.4 Å². The van der Waals surface area contributed by atoms with Crippen LogP contribution in [0, 0.1) is 12.8 Å². The predicted molar refractivity (Wildman–Crippen MR) is 76.6 cm³/mol. The topological polar surface area (TPSA) is 50.4 Å². The van der Waals surface area contributed by atoms with Gasteiger partial charge >= 0.3 is 0 Å². The van der Waals surface area contributed by atoms with Crippen LogP contribution in [0.3, 0.4) is 0 Å². The van der Waals surface area contributed by atoms with Crippen molar-refractivity contribution in [3.05, 3.63) is 23.8 Å². The summed E-state index contributed by atoms with van der Waals surface area (Å²) >= 11 is 0. The summed E-state index contributed by atoms with van der Waals surface area (Å²) in [5.41, 5.74) is 1.87. The van der Waals surface area contributed by atoms with Crippen LogP contribution >= 0.6 is 0 Å². The summed E-state index contributed by atoms with van der Waals surface area (Å²) in [7, 11) is 1.65. The van der Waals surface area contributed by atoms with Crippen LogP contribution in [0.1, 0.15) is 24.8 Å². The maximum Gasteiger partial charge on any atom is 0.224 e. The van der Waals surface area contributed by atoms with Crippen molar-refractivity contribution >= 4 is 11.6 Å². The second-order valence-corrected chi connectivity index (χ2v) is 5.15. The summed E-state index contributed by atoms with van der Waals surface area (Å²) in [6.07, 6.45) is 2.90. The van der Waals surface area contributed by atoms with Crippen LogP contribution in [0.15, 0.2) is 18.2 Å². The molecular weight excluding hydrogens is 240 g/mol. The number of nitrogens with one attached hydrogen (secondary N) is 2. The minimum absolute atomic E-state index is 0.0956. The van der Waals surface area contributed by atoms with Crippen LogP contribution in [-0.2, 0) is 4.79 Å². The van der Waals surface area contributed by atoms with Gasteiger partial charge in [0.05, 0.1) is 7.11 Å². The van der Waals surface area contributed by atoms with Crippen molar-refractivity contribution in [3.8, 4) is 5.75 Å². The van der Waals surface area contributed by atoms with Crippen LogP contribution in [0.2, 0.25) is 0 Å². The second kappa shape index (κ2) is 6.57. The number of anilines is 1. The van der Waals surface area contributed by atoms with E-state index >= 15 is 0 Å². The Kier molecular flexibility index (Phi) is 4.80. The van der Waals surface area contributed by atoms with Crippen LogP contribution in [0.5, 0.6) is 5.75 Å². The molecule has 1 aromatic carbocycles. The van der Waals surface area contributed by atoms with Gasteiger partial charge in [-0.25, -0.2) is 0 Å². The maximum absolute atomic E-state index is 12.0. The number of rotatable bonds is 4. The lowest BCUT2D eigenvalue weighted by Gasteiger charge is -2.22. The zero-order valence-electron chi connectivity index (χ0n) is 11.7. The Morgan fingerprint density at radius 2 is 2.37 bits per heavy atom. The van der Waals surface area contributed by atoms with Crippen molar-refractivity contribution in [1.82, 2.24) is 5.32 Å². The number of hydrogen-bond acceptors (Lipinski definition) is 3. The molecule has 1 saturated heterocycles. The Balaban J connectivity index is 1.89. The first kappa shape index (κ1) is 13.9. The highest BCUT2D eigenvalue weighted by Crippen LogP contribution is 2.22. The number of carbonyl (C=O) groups is 1. The lowest BCUT2D eigenvalue weighted by atomic mass is 9.96. The third-order valence-electron chi connectivity index (χ3n) is 3.55. The van der Waals surface area contributed by atoms with Crippen molar-refractivity contribution in [2.24, 2.45) is 5.92 Å². The monoisotopic (exact) mass is 262 g/mol. The van der Waals surface area contributed by atoms with Gasteiger partial charge in [-0.3, -0.25) is 4.79 Å². The molecule has 4 nitrogen and oxygen atoms in total. The lowest BCUT2D eigenvalue weighted by Crippen LogP contribution is -2.32. The predicted octanol–water partition coefficient (Wildman–Crippen LogP) is 2.33. The Bertz CT molecular complexity index is 440. The molecule has 0 bridgehead atoms. The Morgan fingerprint density at radius 1 is 1.53 bits per heavy atom. The molecule has 2 rings (SSSR count). The number of hydrogen-bond donors (Lipinski definition) is 2. The van der Waals surface area contributed by atoms with E-state index in [1.165, 1.54) is 6.42 Å². The molecule has 1 fully saturated rings. The van der Waals surface area contributed by atoms with Gasteiger partial charge in [0.15, 0.2) is 0 Å². The van der Waals surface area contributed by atoms with Crippen molar-refractivity contribution in [2.45, 2.75) is 26.2 Å². The molecule has 1 aliphatic rings. The van der Waals surface area contributed by atoms with E-state index < -0.39 is 0 Å². The lowest BCUT2D eigenvalue weighted by molar-refractivity contribution is -0.117. The average molecular weight is 262 g/mol. The molecule has 104 valence electrons. The highest BCUT2D eigenvalue weighted by molar-refractivity contribution is 5.91. The summed E-state index contributed by atoms with van der Waals surface area (Å²) < 4.78 is 5.21. The van der Waals surface area contributed by atoms with E-state index in [1.807, 2.05) is 25.1 Å². The smallest absolute Gasteiger partial charge is 0.224 e. The van der Waals surface area contributed by atoms with Gasteiger partial charge in [-0.1, -0.05) is 0 Å². The fourth-order valence-corrected chi connectivity index (χ4v) is 2.53. The van der Waals surface area contributed by atoms with Gasteiger partial charge in [0.25, 0.3) is 0 Å². The van der Waals surface area contributed by atoms with Crippen LogP contribution in [0.4, 0.5) is 5.69 Å². The molecule has 1 unspecified atom stereocenters. The molecular formula is C15H22N2O2. The van der Waals surface area contributed by atoms with E-state index in [1.54, 1.807) is 7.11 Å². The Morgan fingerprint density at radius 3 is 3.00 bits per heavy atom. The molecule has 0 spiro atoms. The molecule has 0 saturated carbocycles. The van der Waals surface area contributed by atoms with Gasteiger partial charge < -0.3 is 15.4 Å². The minimum atomic E-state index is 0.0956. The standard InChI is InChI=1S/C15H22N2O2/c1-11-8-13(5-6-14(11)19-2)17-15(18)9-12-4-3-7-16-10-12/h5-6,8,12,16H,3-4,7,9-10H2,1-2H3,(H,17,18). The molecule has 1 amide bonds. The second-order valence-electron chi connectivity index (χ2n) is 5.15. The van der Waals surface area contributed by atoms with Gasteiger partial charge in [0.1, 0.15) is 5.75 Å². The normalized spacial score (nSPS) is 18.9. The summed E-state index contributed by atoms with van der Waals surface area (Å²) in [4.78, 5) is 12.0. The zero-order chi connectivity index (χ0) is 13.7. The van der Waals surface area contributed by atoms with Gasteiger partial charge in [-0.2, -0.15) is 0 Å². The molecule has 0 radical (unpaired) electrons. The van der Waals surface area contributed by atoms with E-state index in [0.717, 1.165) is 36.5 Å². The number of carbonyl (C=O) groups excluding carboxylic acids is 1. The molecule has 4 heteroatoms. The third kappa shape index (κ3) is 3.96. The quantitative estimate of drug-likeness (QED) is 0.875. The number of methoxy groups -OCH3 is 1. The van der Waals surface area contributed by atoms with E-state index in [2.05, 4.69) is 10.6 Å². The van der Waals surface area contributed by atoms with Crippen LogP contribution in [0.25, 0.3) is 0 Å². The van der Waals surface area contributed by atoms with E-state index in [9.17, 15) is 4.79 Å². The Labute approximate surface area is 114 Å². The van der Waals surface area contributed by atoms with Crippen molar-refractivity contribution in [3.63, 3.8) is 0 Å². The van der Waals surface area contributed by atoms with E-state index in [-0.39, 0.29) is 5.91 Å². The number of benzene rings is 1. The maximum atomic E-state index is 12.0. The Hall–Kier alpha value is -1.55. The van der Waals surface area contributed by atoms with Crippen molar-refractivity contribution < 1.29 is 9.53 Å². The third-order valence-corrected chi connectivity index (χ3v) is 3.55. The van der Waals surface area contributed by atoms with Gasteiger partial charge in [0, 0.05) is 12.1 Å². The molecule has 1 heterocycles. The SMILES string of the molecule is COc1ccc(NC(=O)CC2CCCNC2)cc1C. The first-order valence-corrected chi connectivity index (χ1v) is 6.84. The fraction of sp³-hybridized carbons (Fsp3) is 0.533. The van der Waals surface area contributed by atoms with E-state index in [0.29, 0.717) is 12.3 Å². The fourth-order valence-electron chi connectivity index (χ4n) is 2.53. The first-order chi connectivity index (χ1) is 9.19. The molecule has 1 atom stereocenters. The van der Waals surface area contributed by atoms with Crippen molar-refractivity contribution in [2.75, 3.05) is 25.5 Å². The largest absolute Gasteiger partial charge is 0.496 e. The van der Waals surface area contributed by atoms with Gasteiger partial charge in [-0.05, 0) is 62.5 Å². The first-order valence-electron chi connectivity index (χ1n) is 6.84. The van der Waals surface area contributed by atoms with Gasteiger partial charge in [-0.15, -0.1) is 0 Å². The van der Waals surface area contributed by atoms with Crippen LogP contribution in [-0.4, -0.2) is 26.1 Å². The number of ether oxygens (including phenoxy) is 1. The molecule has 1 aliphatic heterocycles. The molecule has 0 aromatic heterocycles. The van der Waals surface area contributed by atoms with Gasteiger partial charge in [0.2, 0.25) is 5.91 Å². The number of aryl methyl sites for hydroxylation is 1. The summed E-state index contributed by atoms with van der Waals surface area (Å²) in [6, 6.07) is 5.70. The average Bonchev–Trinajstić information content (AvgIpc) is 2.40. The summed E-state index contributed by atoms with van der Waals surface area (Å²) in [5.74, 6) is 1.40. The molecule has 2 N–H and O–H groups in total. The molecule has 1 aromatic rings. The molecule has 0 aliphatic carbocycles. The minimum Gasteiger partial charge on any atom is -0.496 e. The number of amides is 1. The van der Waals surface area contributed by atoms with Crippen molar-refractivity contribution in [1.29, 1.82) is 0 Å². The van der Waals surface area contributed by atoms with E-state index in [4.69, 9.17) is 4.74 Å². The number of piperidine rings is 1. The zero-order valence-corrected chi connectivity index (χ0v) is 11.7. The molecule has 19 heavy (non-hydrogen) atoms. The highest BCUT2D eigenvalue weighted by Gasteiger charge is 2.16. The summed E-state index contributed by atoms with van der Waals surface area (Å²) in [5, 5.41) is 6.29. The highest BCUT2D eigenvalue weighted by atomic mass is 16.5. The summed E-state index contributed by atoms with van der Waals surface area (Å²) in [6.45, 7) is 4.00.